The van der Waals surface area contributed by atoms with Gasteiger partial charge in [-0.05, 0) is 37.1 Å². The third-order valence-electron chi connectivity index (χ3n) is 4.25. The Hall–Kier alpha value is -0.180. The van der Waals surface area contributed by atoms with Crippen molar-refractivity contribution in [3.05, 3.63) is 0 Å². The van der Waals surface area contributed by atoms with Gasteiger partial charge in [0, 0.05) is 18.9 Å². The number of nitrogens with one attached hydrogen (secondary N) is 1. The number of hydrogen-bond donors (Lipinski definition) is 1. The van der Waals surface area contributed by atoms with Gasteiger partial charge < -0.3 is 5.32 Å². The van der Waals surface area contributed by atoms with E-state index in [1.807, 2.05) is 0 Å². The molecular weight excluding hydrogens is 220 g/mol. The first kappa shape index (κ1) is 14.9. The number of rotatable bonds is 6. The number of halogens is 2. The fourth-order valence-corrected chi connectivity index (χ4v) is 2.81. The maximum atomic E-state index is 13.2. The van der Waals surface area contributed by atoms with Crippen LogP contribution in [-0.2, 0) is 0 Å². The van der Waals surface area contributed by atoms with Crippen molar-refractivity contribution in [2.24, 2.45) is 17.8 Å². The van der Waals surface area contributed by atoms with Crippen molar-refractivity contribution < 1.29 is 8.78 Å². The minimum Gasteiger partial charge on any atom is -0.314 e. The van der Waals surface area contributed by atoms with Gasteiger partial charge in [0.15, 0.2) is 0 Å². The predicted octanol–water partition coefficient (Wildman–Crippen LogP) is 4.08. The van der Waals surface area contributed by atoms with Gasteiger partial charge in [-0.25, -0.2) is 8.78 Å². The van der Waals surface area contributed by atoms with Gasteiger partial charge in [-0.15, -0.1) is 0 Å². The van der Waals surface area contributed by atoms with Gasteiger partial charge in [0.05, 0.1) is 0 Å². The van der Waals surface area contributed by atoms with Gasteiger partial charge in [-0.1, -0.05) is 27.7 Å². The standard InChI is InChI=1S/C14H27F2N/c1-5-17-13(11(4)10(2)3)8-12-6-7-14(15,16)9-12/h10-13,17H,5-9H2,1-4H3. The molecule has 17 heavy (non-hydrogen) atoms. The summed E-state index contributed by atoms with van der Waals surface area (Å²) in [5, 5.41) is 3.47. The van der Waals surface area contributed by atoms with Crippen LogP contribution in [0.5, 0.6) is 0 Å². The van der Waals surface area contributed by atoms with E-state index in [9.17, 15) is 8.78 Å². The van der Waals surface area contributed by atoms with E-state index >= 15 is 0 Å². The van der Waals surface area contributed by atoms with E-state index in [0.717, 1.165) is 13.0 Å². The van der Waals surface area contributed by atoms with Gasteiger partial charge in [-0.3, -0.25) is 0 Å². The molecule has 0 saturated heterocycles. The monoisotopic (exact) mass is 247 g/mol. The van der Waals surface area contributed by atoms with Gasteiger partial charge in [0.2, 0.25) is 5.92 Å². The minimum atomic E-state index is -2.40. The second-order valence-electron chi connectivity index (χ2n) is 5.97. The van der Waals surface area contributed by atoms with Crippen molar-refractivity contribution in [1.29, 1.82) is 0 Å². The Kier molecular flexibility index (Phi) is 5.36. The Morgan fingerprint density at radius 3 is 2.35 bits per heavy atom. The molecule has 1 aliphatic carbocycles. The molecule has 3 atom stereocenters. The number of hydrogen-bond acceptors (Lipinski definition) is 1. The third kappa shape index (κ3) is 4.53. The van der Waals surface area contributed by atoms with Crippen LogP contribution in [0.4, 0.5) is 8.78 Å². The summed E-state index contributed by atoms with van der Waals surface area (Å²) in [6.07, 6.45) is 1.79. The average molecular weight is 247 g/mol. The summed E-state index contributed by atoms with van der Waals surface area (Å²) in [6, 6.07) is 0.388. The van der Waals surface area contributed by atoms with Crippen molar-refractivity contribution in [2.75, 3.05) is 6.54 Å². The summed E-state index contributed by atoms with van der Waals surface area (Å²) >= 11 is 0. The van der Waals surface area contributed by atoms with Crippen molar-refractivity contribution in [3.63, 3.8) is 0 Å². The first-order valence-corrected chi connectivity index (χ1v) is 6.97. The molecule has 0 bridgehead atoms. The molecule has 1 saturated carbocycles. The molecule has 0 aromatic carbocycles. The molecule has 0 heterocycles. The lowest BCUT2D eigenvalue weighted by Gasteiger charge is -2.30. The molecule has 0 spiro atoms. The second-order valence-corrected chi connectivity index (χ2v) is 5.97. The van der Waals surface area contributed by atoms with Crippen molar-refractivity contribution in [1.82, 2.24) is 5.32 Å². The summed E-state index contributed by atoms with van der Waals surface area (Å²) in [6.45, 7) is 9.65. The predicted molar refractivity (Wildman–Crippen MR) is 68.4 cm³/mol. The summed E-state index contributed by atoms with van der Waals surface area (Å²) in [5.74, 6) is -1.05. The molecule has 3 unspecified atom stereocenters. The molecule has 0 radical (unpaired) electrons. The van der Waals surface area contributed by atoms with E-state index in [1.54, 1.807) is 0 Å². The first-order chi connectivity index (χ1) is 7.85. The minimum absolute atomic E-state index is 0.0899. The molecule has 0 aliphatic heterocycles. The average Bonchev–Trinajstić information content (AvgIpc) is 2.56. The molecule has 1 nitrogen and oxygen atoms in total. The highest BCUT2D eigenvalue weighted by Gasteiger charge is 2.40. The molecule has 0 aromatic heterocycles. The lowest BCUT2D eigenvalue weighted by atomic mass is 9.84. The summed E-state index contributed by atoms with van der Waals surface area (Å²) < 4.78 is 26.3. The molecule has 3 heteroatoms. The van der Waals surface area contributed by atoms with E-state index in [2.05, 4.69) is 33.0 Å². The van der Waals surface area contributed by atoms with Gasteiger partial charge in [0.1, 0.15) is 0 Å². The normalized spacial score (nSPS) is 27.4. The second kappa shape index (κ2) is 6.12. The largest absolute Gasteiger partial charge is 0.314 e. The van der Waals surface area contributed by atoms with Crippen LogP contribution in [-0.4, -0.2) is 18.5 Å². The highest BCUT2D eigenvalue weighted by molar-refractivity contribution is 4.86. The van der Waals surface area contributed by atoms with Crippen molar-refractivity contribution in [2.45, 2.75) is 65.3 Å². The van der Waals surface area contributed by atoms with Crippen LogP contribution in [0.15, 0.2) is 0 Å². The fourth-order valence-electron chi connectivity index (χ4n) is 2.81. The Labute approximate surface area is 104 Å². The van der Waals surface area contributed by atoms with Crippen molar-refractivity contribution >= 4 is 0 Å². The van der Waals surface area contributed by atoms with Crippen LogP contribution in [0.2, 0.25) is 0 Å². The molecule has 102 valence electrons. The van der Waals surface area contributed by atoms with Crippen LogP contribution in [0.25, 0.3) is 0 Å². The van der Waals surface area contributed by atoms with Crippen LogP contribution in [0, 0.1) is 17.8 Å². The van der Waals surface area contributed by atoms with Gasteiger partial charge >= 0.3 is 0 Å². The van der Waals surface area contributed by atoms with E-state index in [4.69, 9.17) is 0 Å². The Bertz CT molecular complexity index is 228. The lowest BCUT2D eigenvalue weighted by Crippen LogP contribution is -2.38. The molecular formula is C14H27F2N. The van der Waals surface area contributed by atoms with Crippen LogP contribution < -0.4 is 5.32 Å². The highest BCUT2D eigenvalue weighted by Crippen LogP contribution is 2.41. The molecule has 1 aliphatic rings. The number of alkyl halides is 2. The molecule has 0 amide bonds. The van der Waals surface area contributed by atoms with E-state index in [1.165, 1.54) is 0 Å². The summed E-state index contributed by atoms with van der Waals surface area (Å²) in [5.41, 5.74) is 0. The third-order valence-corrected chi connectivity index (χ3v) is 4.25. The molecule has 0 aromatic rings. The summed E-state index contributed by atoms with van der Waals surface area (Å²) in [4.78, 5) is 0. The van der Waals surface area contributed by atoms with Crippen LogP contribution in [0.1, 0.15) is 53.4 Å². The SMILES string of the molecule is CCNC(CC1CCC(F)(F)C1)C(C)C(C)C. The lowest BCUT2D eigenvalue weighted by molar-refractivity contribution is 0.00395. The molecule has 1 N–H and O–H groups in total. The Morgan fingerprint density at radius 2 is 1.94 bits per heavy atom. The fraction of sp³-hybridized carbons (Fsp3) is 1.00. The highest BCUT2D eigenvalue weighted by atomic mass is 19.3. The zero-order chi connectivity index (χ0) is 13.1. The van der Waals surface area contributed by atoms with Crippen LogP contribution in [0.3, 0.4) is 0 Å². The Morgan fingerprint density at radius 1 is 1.29 bits per heavy atom. The molecule has 1 rings (SSSR count). The zero-order valence-corrected chi connectivity index (χ0v) is 11.6. The zero-order valence-electron chi connectivity index (χ0n) is 11.6. The van der Waals surface area contributed by atoms with Crippen LogP contribution >= 0.6 is 0 Å². The Balaban J connectivity index is 2.50. The van der Waals surface area contributed by atoms with E-state index in [-0.39, 0.29) is 18.8 Å². The molecule has 1 fully saturated rings. The smallest absolute Gasteiger partial charge is 0.248 e. The van der Waals surface area contributed by atoms with E-state index < -0.39 is 5.92 Å². The maximum absolute atomic E-state index is 13.2. The topological polar surface area (TPSA) is 12.0 Å². The maximum Gasteiger partial charge on any atom is 0.248 e. The van der Waals surface area contributed by atoms with Gasteiger partial charge in [0.25, 0.3) is 0 Å². The quantitative estimate of drug-likeness (QED) is 0.745. The van der Waals surface area contributed by atoms with Gasteiger partial charge in [-0.2, -0.15) is 0 Å². The van der Waals surface area contributed by atoms with Crippen molar-refractivity contribution in [3.8, 4) is 0 Å². The summed E-state index contributed by atoms with van der Waals surface area (Å²) in [7, 11) is 0. The first-order valence-electron chi connectivity index (χ1n) is 6.97. The van der Waals surface area contributed by atoms with E-state index in [0.29, 0.717) is 24.3 Å².